The summed E-state index contributed by atoms with van der Waals surface area (Å²) in [6, 6.07) is 11.4. The molecule has 0 radical (unpaired) electrons. The maximum atomic E-state index is 12.9. The minimum absolute atomic E-state index is 0.0455. The SMILES string of the molecule is Cc1cc(C(=O)CN2CCN(C(=O)c3ccccc3)CC2)c(C)n1C(C)(C)C. The van der Waals surface area contributed by atoms with E-state index >= 15 is 0 Å². The fourth-order valence-electron chi connectivity index (χ4n) is 4.24. The number of benzene rings is 1. The lowest BCUT2D eigenvalue weighted by Crippen LogP contribution is -2.49. The molecule has 1 saturated heterocycles. The largest absolute Gasteiger partial charge is 0.343 e. The Hall–Kier alpha value is -2.40. The molecule has 1 aliphatic heterocycles. The second-order valence-corrected chi connectivity index (χ2v) is 8.65. The number of carbonyl (C=O) groups excluding carboxylic acids is 2. The number of amides is 1. The first-order chi connectivity index (χ1) is 13.2. The van der Waals surface area contributed by atoms with Gasteiger partial charge in [0.05, 0.1) is 6.54 Å². The molecular formula is C23H31N3O2. The molecule has 2 heterocycles. The first-order valence-electron chi connectivity index (χ1n) is 9.98. The van der Waals surface area contributed by atoms with Crippen LogP contribution in [0.4, 0.5) is 0 Å². The number of rotatable bonds is 4. The van der Waals surface area contributed by atoms with E-state index in [1.165, 1.54) is 0 Å². The molecule has 1 aromatic heterocycles. The Morgan fingerprint density at radius 3 is 2.11 bits per heavy atom. The van der Waals surface area contributed by atoms with Crippen molar-refractivity contribution in [2.75, 3.05) is 32.7 Å². The standard InChI is InChI=1S/C23H31N3O2/c1-17-15-20(18(2)26(17)23(3,4)5)21(27)16-24-11-13-25(14-12-24)22(28)19-9-7-6-8-10-19/h6-10,15H,11-14,16H2,1-5H3. The fraction of sp³-hybridized carbons (Fsp3) is 0.478. The molecule has 2 aromatic rings. The zero-order chi connectivity index (χ0) is 20.5. The smallest absolute Gasteiger partial charge is 0.253 e. The van der Waals surface area contributed by atoms with E-state index < -0.39 is 0 Å². The van der Waals surface area contributed by atoms with Crippen molar-refractivity contribution < 1.29 is 9.59 Å². The van der Waals surface area contributed by atoms with Gasteiger partial charge in [-0.3, -0.25) is 14.5 Å². The summed E-state index contributed by atoms with van der Waals surface area (Å²) in [6.07, 6.45) is 0. The molecule has 0 spiro atoms. The van der Waals surface area contributed by atoms with Gasteiger partial charge in [-0.25, -0.2) is 0 Å². The molecule has 1 aromatic carbocycles. The Kier molecular flexibility index (Phi) is 5.75. The Morgan fingerprint density at radius 2 is 1.57 bits per heavy atom. The second kappa shape index (κ2) is 7.92. The van der Waals surface area contributed by atoms with Gasteiger partial charge in [-0.1, -0.05) is 18.2 Å². The van der Waals surface area contributed by atoms with Gasteiger partial charge in [-0.15, -0.1) is 0 Å². The number of ketones is 1. The third kappa shape index (κ3) is 4.20. The number of piperazine rings is 1. The van der Waals surface area contributed by atoms with Gasteiger partial charge in [-0.2, -0.15) is 0 Å². The van der Waals surface area contributed by atoms with Gasteiger partial charge in [0.1, 0.15) is 0 Å². The van der Waals surface area contributed by atoms with Crippen LogP contribution >= 0.6 is 0 Å². The summed E-state index contributed by atoms with van der Waals surface area (Å²) in [4.78, 5) is 29.5. The molecule has 0 atom stereocenters. The van der Waals surface area contributed by atoms with Crippen LogP contribution in [0.5, 0.6) is 0 Å². The van der Waals surface area contributed by atoms with Gasteiger partial charge in [0, 0.05) is 54.2 Å². The highest BCUT2D eigenvalue weighted by molar-refractivity contribution is 5.99. The fourth-order valence-corrected chi connectivity index (χ4v) is 4.24. The van der Waals surface area contributed by atoms with Crippen molar-refractivity contribution in [3.8, 4) is 0 Å². The van der Waals surface area contributed by atoms with Crippen LogP contribution in [0, 0.1) is 13.8 Å². The topological polar surface area (TPSA) is 45.6 Å². The van der Waals surface area contributed by atoms with E-state index in [9.17, 15) is 9.59 Å². The minimum Gasteiger partial charge on any atom is -0.343 e. The summed E-state index contributed by atoms with van der Waals surface area (Å²) in [5.74, 6) is 0.228. The quantitative estimate of drug-likeness (QED) is 0.762. The maximum Gasteiger partial charge on any atom is 0.253 e. The lowest BCUT2D eigenvalue weighted by molar-refractivity contribution is 0.0624. The number of Topliss-reactive ketones (excluding diaryl/α,β-unsaturated/α-hetero) is 1. The Bertz CT molecular complexity index is 854. The zero-order valence-corrected chi connectivity index (χ0v) is 17.7. The predicted octanol–water partition coefficient (Wildman–Crippen LogP) is 3.50. The number of carbonyl (C=O) groups is 2. The van der Waals surface area contributed by atoms with Gasteiger partial charge < -0.3 is 9.47 Å². The molecule has 0 N–H and O–H groups in total. The van der Waals surface area contributed by atoms with Crippen LogP contribution in [0.25, 0.3) is 0 Å². The monoisotopic (exact) mass is 381 g/mol. The van der Waals surface area contributed by atoms with Crippen LogP contribution in [-0.2, 0) is 5.54 Å². The molecule has 3 rings (SSSR count). The van der Waals surface area contributed by atoms with Crippen molar-refractivity contribution in [2.45, 2.75) is 40.2 Å². The average Bonchev–Trinajstić information content (AvgIpc) is 2.97. The summed E-state index contributed by atoms with van der Waals surface area (Å²) in [5, 5.41) is 0. The molecule has 0 aliphatic carbocycles. The van der Waals surface area contributed by atoms with E-state index in [1.54, 1.807) is 0 Å². The summed E-state index contributed by atoms with van der Waals surface area (Å²) in [5.41, 5.74) is 3.65. The first kappa shape index (κ1) is 20.3. The molecular weight excluding hydrogens is 350 g/mol. The van der Waals surface area contributed by atoms with E-state index in [1.807, 2.05) is 48.2 Å². The van der Waals surface area contributed by atoms with Gasteiger partial charge in [0.25, 0.3) is 5.91 Å². The first-order valence-corrected chi connectivity index (χ1v) is 9.98. The number of aryl methyl sites for hydroxylation is 1. The highest BCUT2D eigenvalue weighted by Gasteiger charge is 2.26. The van der Waals surface area contributed by atoms with Crippen molar-refractivity contribution in [3.05, 3.63) is 58.9 Å². The average molecular weight is 382 g/mol. The third-order valence-corrected chi connectivity index (χ3v) is 5.45. The van der Waals surface area contributed by atoms with Crippen LogP contribution in [0.2, 0.25) is 0 Å². The van der Waals surface area contributed by atoms with Gasteiger partial charge in [0.15, 0.2) is 5.78 Å². The molecule has 0 bridgehead atoms. The molecule has 1 amide bonds. The number of hydrogen-bond donors (Lipinski definition) is 0. The molecule has 5 nitrogen and oxygen atoms in total. The molecule has 28 heavy (non-hydrogen) atoms. The van der Waals surface area contributed by atoms with Crippen LogP contribution in [0.1, 0.15) is 52.9 Å². The van der Waals surface area contributed by atoms with E-state index in [4.69, 9.17) is 0 Å². The molecule has 1 aliphatic rings. The lowest BCUT2D eigenvalue weighted by Gasteiger charge is -2.34. The Morgan fingerprint density at radius 1 is 0.964 bits per heavy atom. The van der Waals surface area contributed by atoms with Crippen molar-refractivity contribution >= 4 is 11.7 Å². The minimum atomic E-state index is -0.0455. The zero-order valence-electron chi connectivity index (χ0n) is 17.7. The summed E-state index contributed by atoms with van der Waals surface area (Å²) in [6.45, 7) is 13.7. The number of nitrogens with zero attached hydrogens (tertiary/aromatic N) is 3. The van der Waals surface area contributed by atoms with Crippen LogP contribution in [0.15, 0.2) is 36.4 Å². The summed E-state index contributed by atoms with van der Waals surface area (Å²) in [7, 11) is 0. The van der Waals surface area contributed by atoms with Crippen LogP contribution in [-0.4, -0.2) is 58.8 Å². The third-order valence-electron chi connectivity index (χ3n) is 5.45. The second-order valence-electron chi connectivity index (χ2n) is 8.65. The Labute approximate surface area is 167 Å². The van der Waals surface area contributed by atoms with Crippen molar-refractivity contribution in [1.82, 2.24) is 14.4 Å². The predicted molar refractivity (Wildman–Crippen MR) is 112 cm³/mol. The van der Waals surface area contributed by atoms with E-state index in [-0.39, 0.29) is 17.2 Å². The molecule has 0 unspecified atom stereocenters. The number of hydrogen-bond acceptors (Lipinski definition) is 3. The normalized spacial score (nSPS) is 15.7. The van der Waals surface area contributed by atoms with Crippen LogP contribution in [0.3, 0.4) is 0 Å². The highest BCUT2D eigenvalue weighted by Crippen LogP contribution is 2.25. The Balaban J connectivity index is 1.61. The lowest BCUT2D eigenvalue weighted by atomic mass is 10.1. The van der Waals surface area contributed by atoms with Gasteiger partial charge in [0.2, 0.25) is 0 Å². The van der Waals surface area contributed by atoms with E-state index in [0.29, 0.717) is 19.6 Å². The molecule has 1 fully saturated rings. The summed E-state index contributed by atoms with van der Waals surface area (Å²) >= 11 is 0. The van der Waals surface area contributed by atoms with Crippen molar-refractivity contribution in [1.29, 1.82) is 0 Å². The number of aromatic nitrogens is 1. The maximum absolute atomic E-state index is 12.9. The molecule has 5 heteroatoms. The molecule has 150 valence electrons. The molecule has 0 saturated carbocycles. The van der Waals surface area contributed by atoms with Gasteiger partial charge >= 0.3 is 0 Å². The van der Waals surface area contributed by atoms with Gasteiger partial charge in [-0.05, 0) is 52.8 Å². The summed E-state index contributed by atoms with van der Waals surface area (Å²) < 4.78 is 2.23. The van der Waals surface area contributed by atoms with E-state index in [0.717, 1.165) is 35.6 Å². The highest BCUT2D eigenvalue weighted by atomic mass is 16.2. The van der Waals surface area contributed by atoms with Crippen molar-refractivity contribution in [2.24, 2.45) is 0 Å². The van der Waals surface area contributed by atoms with E-state index in [2.05, 4.69) is 37.2 Å². The van der Waals surface area contributed by atoms with Crippen LogP contribution < -0.4 is 0 Å². The van der Waals surface area contributed by atoms with Crippen molar-refractivity contribution in [3.63, 3.8) is 0 Å².